The van der Waals surface area contributed by atoms with Gasteiger partial charge in [0.2, 0.25) is 5.91 Å². The van der Waals surface area contributed by atoms with Crippen molar-refractivity contribution >= 4 is 23.3 Å². The predicted octanol–water partition coefficient (Wildman–Crippen LogP) is 2.40. The topological polar surface area (TPSA) is 69.6 Å². The highest BCUT2D eigenvalue weighted by Gasteiger charge is 2.13. The highest BCUT2D eigenvalue weighted by Crippen LogP contribution is 2.25. The number of hydrogen-bond acceptors (Lipinski definition) is 3. The zero-order valence-corrected chi connectivity index (χ0v) is 11.7. The van der Waals surface area contributed by atoms with Crippen molar-refractivity contribution < 1.29 is 14.7 Å². The third kappa shape index (κ3) is 3.73. The SMILES string of the molecule is Cc1cc(N2CCCC2)ccc1NC(=O)CCC(=O)O. The first-order chi connectivity index (χ1) is 9.56. The van der Waals surface area contributed by atoms with E-state index in [0.29, 0.717) is 0 Å². The van der Waals surface area contributed by atoms with Crippen molar-refractivity contribution in [1.29, 1.82) is 0 Å². The van der Waals surface area contributed by atoms with E-state index in [2.05, 4.69) is 16.3 Å². The fourth-order valence-corrected chi connectivity index (χ4v) is 2.39. The van der Waals surface area contributed by atoms with Crippen LogP contribution in [0.15, 0.2) is 18.2 Å². The molecule has 1 aliphatic heterocycles. The maximum absolute atomic E-state index is 11.6. The molecule has 0 unspecified atom stereocenters. The van der Waals surface area contributed by atoms with E-state index in [4.69, 9.17) is 5.11 Å². The van der Waals surface area contributed by atoms with E-state index < -0.39 is 5.97 Å². The van der Waals surface area contributed by atoms with Gasteiger partial charge in [-0.1, -0.05) is 0 Å². The Bertz CT molecular complexity index is 508. The molecule has 0 radical (unpaired) electrons. The minimum atomic E-state index is -0.957. The van der Waals surface area contributed by atoms with Crippen LogP contribution in [0.1, 0.15) is 31.2 Å². The summed E-state index contributed by atoms with van der Waals surface area (Å²) in [5.41, 5.74) is 2.94. The Hall–Kier alpha value is -2.04. The fourth-order valence-electron chi connectivity index (χ4n) is 2.39. The van der Waals surface area contributed by atoms with Crippen molar-refractivity contribution in [1.82, 2.24) is 0 Å². The van der Waals surface area contributed by atoms with Crippen molar-refractivity contribution in [3.63, 3.8) is 0 Å². The molecule has 20 heavy (non-hydrogen) atoms. The van der Waals surface area contributed by atoms with Crippen LogP contribution in [0.2, 0.25) is 0 Å². The summed E-state index contributed by atoms with van der Waals surface area (Å²) in [6.45, 7) is 4.12. The van der Waals surface area contributed by atoms with E-state index in [9.17, 15) is 9.59 Å². The van der Waals surface area contributed by atoms with Crippen molar-refractivity contribution in [3.8, 4) is 0 Å². The Balaban J connectivity index is 1.98. The van der Waals surface area contributed by atoms with E-state index in [-0.39, 0.29) is 18.7 Å². The number of carbonyl (C=O) groups excluding carboxylic acids is 1. The number of benzene rings is 1. The number of carboxylic acid groups (broad SMARTS) is 1. The monoisotopic (exact) mass is 276 g/mol. The second kappa shape index (κ2) is 6.41. The van der Waals surface area contributed by atoms with Gasteiger partial charge in [-0.05, 0) is 43.5 Å². The lowest BCUT2D eigenvalue weighted by Crippen LogP contribution is -2.18. The van der Waals surface area contributed by atoms with Gasteiger partial charge in [-0.3, -0.25) is 9.59 Å². The molecule has 0 bridgehead atoms. The number of nitrogens with zero attached hydrogens (tertiary/aromatic N) is 1. The number of hydrogen-bond donors (Lipinski definition) is 2. The van der Waals surface area contributed by atoms with E-state index in [1.54, 1.807) is 0 Å². The van der Waals surface area contributed by atoms with Gasteiger partial charge in [0.1, 0.15) is 0 Å². The molecule has 0 saturated carbocycles. The summed E-state index contributed by atoms with van der Waals surface area (Å²) in [6.07, 6.45) is 2.32. The van der Waals surface area contributed by atoms with Crippen molar-refractivity contribution in [2.75, 3.05) is 23.3 Å². The normalized spacial score (nSPS) is 14.3. The van der Waals surface area contributed by atoms with Gasteiger partial charge >= 0.3 is 5.97 Å². The van der Waals surface area contributed by atoms with Gasteiger partial charge in [0.05, 0.1) is 6.42 Å². The van der Waals surface area contributed by atoms with E-state index in [0.717, 1.165) is 24.3 Å². The molecule has 1 saturated heterocycles. The zero-order chi connectivity index (χ0) is 14.5. The second-order valence-electron chi connectivity index (χ2n) is 5.14. The van der Waals surface area contributed by atoms with Crippen molar-refractivity contribution in [3.05, 3.63) is 23.8 Å². The van der Waals surface area contributed by atoms with Crippen LogP contribution < -0.4 is 10.2 Å². The fraction of sp³-hybridized carbons (Fsp3) is 0.467. The van der Waals surface area contributed by atoms with E-state index in [1.165, 1.54) is 18.5 Å². The largest absolute Gasteiger partial charge is 0.481 e. The number of aliphatic carboxylic acids is 1. The standard InChI is InChI=1S/C15H20N2O3/c1-11-10-12(17-8-2-3-9-17)4-5-13(11)16-14(18)6-7-15(19)20/h4-5,10H,2-3,6-9H2,1H3,(H,16,18)(H,19,20). The van der Waals surface area contributed by atoms with Crippen LogP contribution in [0.5, 0.6) is 0 Å². The number of carboxylic acids is 1. The third-order valence-electron chi connectivity index (χ3n) is 3.52. The number of amides is 1. The predicted molar refractivity (Wildman–Crippen MR) is 78.1 cm³/mol. The molecule has 1 aliphatic rings. The lowest BCUT2D eigenvalue weighted by Gasteiger charge is -2.19. The maximum atomic E-state index is 11.6. The molecule has 0 aromatic heterocycles. The maximum Gasteiger partial charge on any atom is 0.303 e. The number of rotatable bonds is 5. The van der Waals surface area contributed by atoms with Crippen LogP contribution in [-0.4, -0.2) is 30.1 Å². The Labute approximate surface area is 118 Å². The van der Waals surface area contributed by atoms with E-state index >= 15 is 0 Å². The molecular formula is C15H20N2O3. The quantitative estimate of drug-likeness (QED) is 0.866. The van der Waals surface area contributed by atoms with Crippen molar-refractivity contribution in [2.45, 2.75) is 32.6 Å². The van der Waals surface area contributed by atoms with Crippen LogP contribution >= 0.6 is 0 Å². The highest BCUT2D eigenvalue weighted by molar-refractivity contribution is 5.93. The Morgan fingerprint density at radius 1 is 1.25 bits per heavy atom. The molecular weight excluding hydrogens is 256 g/mol. The zero-order valence-electron chi connectivity index (χ0n) is 11.7. The van der Waals surface area contributed by atoms with Gasteiger partial charge in [-0.2, -0.15) is 0 Å². The van der Waals surface area contributed by atoms with Crippen molar-refractivity contribution in [2.24, 2.45) is 0 Å². The van der Waals surface area contributed by atoms with Gasteiger partial charge in [0, 0.05) is 30.9 Å². The first kappa shape index (κ1) is 14.4. The third-order valence-corrected chi connectivity index (χ3v) is 3.52. The average Bonchev–Trinajstić information content (AvgIpc) is 2.92. The smallest absolute Gasteiger partial charge is 0.303 e. The lowest BCUT2D eigenvalue weighted by molar-refractivity contribution is -0.138. The van der Waals surface area contributed by atoms with Gasteiger partial charge in [0.25, 0.3) is 0 Å². The summed E-state index contributed by atoms with van der Waals surface area (Å²) < 4.78 is 0. The Morgan fingerprint density at radius 2 is 1.95 bits per heavy atom. The Kier molecular flexibility index (Phi) is 4.61. The van der Waals surface area contributed by atoms with E-state index in [1.807, 2.05) is 19.1 Å². The number of anilines is 2. The van der Waals surface area contributed by atoms with Gasteiger partial charge in [-0.15, -0.1) is 0 Å². The summed E-state index contributed by atoms with van der Waals surface area (Å²) in [6, 6.07) is 5.96. The summed E-state index contributed by atoms with van der Waals surface area (Å²) in [4.78, 5) is 24.4. The minimum absolute atomic E-state index is 0.00263. The molecule has 5 heteroatoms. The molecule has 1 amide bonds. The van der Waals surface area contributed by atoms with Crippen LogP contribution in [-0.2, 0) is 9.59 Å². The van der Waals surface area contributed by atoms with Gasteiger partial charge in [0.15, 0.2) is 0 Å². The molecule has 0 spiro atoms. The molecule has 0 atom stereocenters. The lowest BCUT2D eigenvalue weighted by atomic mass is 10.1. The summed E-state index contributed by atoms with van der Waals surface area (Å²) in [5, 5.41) is 11.3. The first-order valence-corrected chi connectivity index (χ1v) is 6.93. The number of nitrogens with one attached hydrogen (secondary N) is 1. The molecule has 1 heterocycles. The molecule has 1 aromatic carbocycles. The molecule has 0 aliphatic carbocycles. The van der Waals surface area contributed by atoms with Gasteiger partial charge in [-0.25, -0.2) is 0 Å². The molecule has 1 aromatic rings. The minimum Gasteiger partial charge on any atom is -0.481 e. The molecule has 2 N–H and O–H groups in total. The number of aryl methyl sites for hydroxylation is 1. The molecule has 2 rings (SSSR count). The average molecular weight is 276 g/mol. The summed E-state index contributed by atoms with van der Waals surface area (Å²) >= 11 is 0. The summed E-state index contributed by atoms with van der Waals surface area (Å²) in [7, 11) is 0. The van der Waals surface area contributed by atoms with Crippen LogP contribution in [0.25, 0.3) is 0 Å². The molecule has 1 fully saturated rings. The molecule has 108 valence electrons. The van der Waals surface area contributed by atoms with Crippen LogP contribution in [0, 0.1) is 6.92 Å². The Morgan fingerprint density at radius 3 is 2.55 bits per heavy atom. The highest BCUT2D eigenvalue weighted by atomic mass is 16.4. The number of carbonyl (C=O) groups is 2. The van der Waals surface area contributed by atoms with Crippen LogP contribution in [0.4, 0.5) is 11.4 Å². The second-order valence-corrected chi connectivity index (χ2v) is 5.14. The van der Waals surface area contributed by atoms with Gasteiger partial charge < -0.3 is 15.3 Å². The van der Waals surface area contributed by atoms with Crippen LogP contribution in [0.3, 0.4) is 0 Å². The summed E-state index contributed by atoms with van der Waals surface area (Å²) in [5.74, 6) is -1.22. The first-order valence-electron chi connectivity index (χ1n) is 6.93. The molecule has 5 nitrogen and oxygen atoms in total.